The summed E-state index contributed by atoms with van der Waals surface area (Å²) in [5.41, 5.74) is 1.78. The number of amides is 2. The first-order valence-electron chi connectivity index (χ1n) is 10.5. The molecule has 156 valence electrons. The molecule has 0 spiro atoms. The van der Waals surface area contributed by atoms with Crippen molar-refractivity contribution in [2.45, 2.75) is 51.0 Å². The van der Waals surface area contributed by atoms with E-state index in [0.29, 0.717) is 22.0 Å². The van der Waals surface area contributed by atoms with Gasteiger partial charge >= 0.3 is 0 Å². The summed E-state index contributed by atoms with van der Waals surface area (Å²) in [5, 5.41) is 6.55. The Bertz CT molecular complexity index is 978. The lowest BCUT2D eigenvalue weighted by Gasteiger charge is -2.23. The van der Waals surface area contributed by atoms with Gasteiger partial charge in [-0.25, -0.2) is 0 Å². The normalized spacial score (nSPS) is 18.6. The average molecular weight is 425 g/mol. The van der Waals surface area contributed by atoms with Crippen molar-refractivity contribution < 1.29 is 14.3 Å². The molecule has 0 bridgehead atoms. The quantitative estimate of drug-likeness (QED) is 0.634. The van der Waals surface area contributed by atoms with E-state index in [2.05, 4.69) is 10.6 Å². The fourth-order valence-corrected chi connectivity index (χ4v) is 4.12. The monoisotopic (exact) mass is 424 g/mol. The molecule has 30 heavy (non-hydrogen) atoms. The smallest absolute Gasteiger partial charge is 0.291 e. The predicted molar refractivity (Wildman–Crippen MR) is 119 cm³/mol. The van der Waals surface area contributed by atoms with Gasteiger partial charge in [-0.2, -0.15) is 0 Å². The molecular weight excluding hydrogens is 400 g/mol. The van der Waals surface area contributed by atoms with Gasteiger partial charge in [0.1, 0.15) is 0 Å². The van der Waals surface area contributed by atoms with Crippen LogP contribution in [0.4, 0.5) is 5.69 Å². The van der Waals surface area contributed by atoms with Crippen molar-refractivity contribution in [1.82, 2.24) is 5.32 Å². The van der Waals surface area contributed by atoms with E-state index in [0.717, 1.165) is 31.2 Å². The van der Waals surface area contributed by atoms with E-state index in [9.17, 15) is 9.59 Å². The summed E-state index contributed by atoms with van der Waals surface area (Å²) in [6.07, 6.45) is 9.75. The number of anilines is 1. The van der Waals surface area contributed by atoms with Gasteiger partial charge < -0.3 is 15.4 Å². The molecule has 1 saturated carbocycles. The molecule has 2 N–H and O–H groups in total. The number of nitrogens with one attached hydrogen (secondary N) is 2. The molecule has 4 rings (SSSR count). The number of hydrogen-bond donors (Lipinski definition) is 2. The second kappa shape index (κ2) is 9.35. The number of benzene rings is 2. The molecule has 1 aliphatic carbocycles. The zero-order chi connectivity index (χ0) is 20.9. The Kier molecular flexibility index (Phi) is 6.38. The molecule has 2 aromatic rings. The molecular formula is C24H25ClN2O3. The van der Waals surface area contributed by atoms with E-state index < -0.39 is 0 Å². The van der Waals surface area contributed by atoms with Gasteiger partial charge in [-0.05, 0) is 54.8 Å². The fourth-order valence-electron chi connectivity index (χ4n) is 3.92. The van der Waals surface area contributed by atoms with E-state index in [1.807, 2.05) is 12.1 Å². The Morgan fingerprint density at radius 1 is 1.07 bits per heavy atom. The van der Waals surface area contributed by atoms with Crippen LogP contribution in [0.5, 0.6) is 5.75 Å². The van der Waals surface area contributed by atoms with Gasteiger partial charge in [0.25, 0.3) is 11.8 Å². The topological polar surface area (TPSA) is 67.4 Å². The minimum Gasteiger partial charge on any atom is -0.449 e. The van der Waals surface area contributed by atoms with Gasteiger partial charge in [0.05, 0.1) is 5.69 Å². The number of hydrogen-bond acceptors (Lipinski definition) is 3. The summed E-state index contributed by atoms with van der Waals surface area (Å²) in [6, 6.07) is 12.5. The molecule has 0 saturated heterocycles. The highest BCUT2D eigenvalue weighted by Gasteiger charge is 2.24. The van der Waals surface area contributed by atoms with Gasteiger partial charge in [-0.1, -0.05) is 55.8 Å². The third kappa shape index (κ3) is 5.03. The highest BCUT2D eigenvalue weighted by molar-refractivity contribution is 6.30. The fraction of sp³-hybridized carbons (Fsp3) is 0.333. The summed E-state index contributed by atoms with van der Waals surface area (Å²) >= 11 is 6.01. The number of carbonyl (C=O) groups is 2. The van der Waals surface area contributed by atoms with Crippen molar-refractivity contribution in [3.63, 3.8) is 0 Å². The maximum absolute atomic E-state index is 12.7. The minimum atomic E-state index is -0.361. The van der Waals surface area contributed by atoms with Crippen molar-refractivity contribution in [2.24, 2.45) is 0 Å². The first-order chi connectivity index (χ1) is 14.6. The third-order valence-corrected chi connectivity index (χ3v) is 5.76. The Morgan fingerprint density at radius 2 is 1.83 bits per heavy atom. The third-order valence-electron chi connectivity index (χ3n) is 5.52. The summed E-state index contributed by atoms with van der Waals surface area (Å²) < 4.78 is 5.78. The highest BCUT2D eigenvalue weighted by atomic mass is 35.5. The Labute approximate surface area is 181 Å². The number of ether oxygens (including phenoxy) is 1. The molecule has 1 heterocycles. The van der Waals surface area contributed by atoms with E-state index >= 15 is 0 Å². The van der Waals surface area contributed by atoms with Crippen LogP contribution in [0.25, 0.3) is 6.08 Å². The van der Waals surface area contributed by atoms with Crippen LogP contribution in [0.15, 0.2) is 48.2 Å². The molecule has 0 atom stereocenters. The highest BCUT2D eigenvalue weighted by Crippen LogP contribution is 2.32. The second-order valence-corrected chi connectivity index (χ2v) is 8.28. The van der Waals surface area contributed by atoms with Crippen LogP contribution in [-0.4, -0.2) is 17.9 Å². The van der Waals surface area contributed by atoms with Crippen LogP contribution < -0.4 is 15.4 Å². The average Bonchev–Trinajstić information content (AvgIpc) is 2.70. The maximum atomic E-state index is 12.7. The van der Waals surface area contributed by atoms with Crippen LogP contribution in [0.2, 0.25) is 5.02 Å². The number of rotatable bonds is 3. The molecule has 2 aromatic carbocycles. The summed E-state index contributed by atoms with van der Waals surface area (Å²) in [5.74, 6) is 0.208. The van der Waals surface area contributed by atoms with Crippen LogP contribution in [0, 0.1) is 0 Å². The summed E-state index contributed by atoms with van der Waals surface area (Å²) in [6.45, 7) is 0. The zero-order valence-electron chi connectivity index (χ0n) is 16.7. The SMILES string of the molecule is O=C1Nc2cc(C(=O)NC3CCCCCCC3)ccc2OC1=Cc1cccc(Cl)c1. The van der Waals surface area contributed by atoms with Gasteiger partial charge in [0, 0.05) is 16.6 Å². The molecule has 2 amide bonds. The van der Waals surface area contributed by atoms with Gasteiger partial charge in [-0.15, -0.1) is 0 Å². The molecule has 1 aliphatic heterocycles. The first kappa shape index (κ1) is 20.5. The lowest BCUT2D eigenvalue weighted by atomic mass is 9.96. The number of halogens is 1. The Hall–Kier alpha value is -2.79. The van der Waals surface area contributed by atoms with Crippen molar-refractivity contribution >= 4 is 35.2 Å². The van der Waals surface area contributed by atoms with Gasteiger partial charge in [0.15, 0.2) is 11.5 Å². The van der Waals surface area contributed by atoms with Gasteiger partial charge in [0.2, 0.25) is 0 Å². The lowest BCUT2D eigenvalue weighted by Crippen LogP contribution is -2.35. The van der Waals surface area contributed by atoms with Crippen molar-refractivity contribution in [1.29, 1.82) is 0 Å². The predicted octanol–water partition coefficient (Wildman–Crippen LogP) is 5.55. The van der Waals surface area contributed by atoms with Crippen LogP contribution in [0.1, 0.15) is 60.9 Å². The molecule has 1 fully saturated rings. The lowest BCUT2D eigenvalue weighted by molar-refractivity contribution is -0.115. The largest absolute Gasteiger partial charge is 0.449 e. The summed E-state index contributed by atoms with van der Waals surface area (Å²) in [7, 11) is 0. The molecule has 2 aliphatic rings. The van der Waals surface area contributed by atoms with E-state index in [1.165, 1.54) is 19.3 Å². The standard InChI is InChI=1S/C24H25ClN2O3/c25-18-8-6-7-16(13-18)14-22-24(29)27-20-15-17(11-12-21(20)30-22)23(28)26-19-9-4-2-1-3-5-10-19/h6-8,11-15,19H,1-5,9-10H2,(H,26,28)(H,27,29). The molecule has 0 unspecified atom stereocenters. The molecule has 6 heteroatoms. The van der Waals surface area contributed by atoms with Crippen LogP contribution in [-0.2, 0) is 4.79 Å². The van der Waals surface area contributed by atoms with Crippen molar-refractivity contribution in [3.05, 3.63) is 64.4 Å². The summed E-state index contributed by atoms with van der Waals surface area (Å²) in [4.78, 5) is 25.2. The van der Waals surface area contributed by atoms with E-state index in [4.69, 9.17) is 16.3 Å². The minimum absolute atomic E-state index is 0.113. The molecule has 0 aromatic heterocycles. The van der Waals surface area contributed by atoms with Crippen molar-refractivity contribution in [2.75, 3.05) is 5.32 Å². The number of fused-ring (bicyclic) bond motifs is 1. The zero-order valence-corrected chi connectivity index (χ0v) is 17.5. The molecule has 0 radical (unpaired) electrons. The molecule has 5 nitrogen and oxygen atoms in total. The van der Waals surface area contributed by atoms with Crippen molar-refractivity contribution in [3.8, 4) is 5.75 Å². The van der Waals surface area contributed by atoms with Crippen LogP contribution >= 0.6 is 11.6 Å². The van der Waals surface area contributed by atoms with E-state index in [1.54, 1.807) is 36.4 Å². The second-order valence-electron chi connectivity index (χ2n) is 7.85. The maximum Gasteiger partial charge on any atom is 0.291 e. The van der Waals surface area contributed by atoms with Crippen LogP contribution in [0.3, 0.4) is 0 Å². The Balaban J connectivity index is 1.47. The first-order valence-corrected chi connectivity index (χ1v) is 10.9. The van der Waals surface area contributed by atoms with Gasteiger partial charge in [-0.3, -0.25) is 9.59 Å². The number of carbonyl (C=O) groups excluding carboxylic acids is 2. The van der Waals surface area contributed by atoms with E-state index in [-0.39, 0.29) is 23.6 Å². The Morgan fingerprint density at radius 3 is 2.60 bits per heavy atom.